The average molecular weight is 702 g/mol. The number of ether oxygens (including phenoxy) is 2. The van der Waals surface area contributed by atoms with Gasteiger partial charge in [0.05, 0.1) is 13.1 Å². The molecule has 2 aromatic rings. The smallest absolute Gasteiger partial charge is 0.410 e. The summed E-state index contributed by atoms with van der Waals surface area (Å²) in [6, 6.07) is 0. The number of carbonyl (C=O) groups is 4. The minimum atomic E-state index is -1.09. The summed E-state index contributed by atoms with van der Waals surface area (Å²) in [6.07, 6.45) is 9.86. The highest BCUT2D eigenvalue weighted by atomic mass is 16.6. The van der Waals surface area contributed by atoms with E-state index >= 15 is 0 Å². The molecule has 2 amide bonds. The second kappa shape index (κ2) is 17.3. The Morgan fingerprint density at radius 1 is 0.780 bits per heavy atom. The fourth-order valence-electron chi connectivity index (χ4n) is 5.68. The molecular weight excluding hydrogens is 642 g/mol. The number of carboxylic acids is 1. The number of nitrogens with zero attached hydrogens (tertiary/aromatic N) is 4. The van der Waals surface area contributed by atoms with E-state index in [9.17, 15) is 19.2 Å². The molecule has 6 rings (SSSR count). The van der Waals surface area contributed by atoms with Gasteiger partial charge in [-0.2, -0.15) is 10.2 Å². The third-order valence-corrected chi connectivity index (χ3v) is 8.62. The van der Waals surface area contributed by atoms with E-state index in [2.05, 4.69) is 20.4 Å². The first kappa shape index (κ1) is 40.5. The zero-order valence-corrected chi connectivity index (χ0v) is 30.0. The number of hydrogen-bond acceptors (Lipinski definition) is 9. The van der Waals surface area contributed by atoms with Crippen molar-refractivity contribution in [3.05, 3.63) is 33.9 Å². The van der Waals surface area contributed by atoms with Crippen molar-refractivity contribution >= 4 is 23.9 Å². The largest absolute Gasteiger partial charge is 0.476 e. The summed E-state index contributed by atoms with van der Waals surface area (Å²) in [5.74, 6) is 0.853. The number of Topliss-reactive ketones (excluding diaryl/α,β-unsaturated/α-hetero) is 1. The molecule has 2 fully saturated rings. The van der Waals surface area contributed by atoms with Crippen LogP contribution in [0.2, 0.25) is 0 Å². The molecule has 0 atom stereocenters. The van der Waals surface area contributed by atoms with Gasteiger partial charge in [0, 0.05) is 54.9 Å². The second-order valence-corrected chi connectivity index (χ2v) is 15.4. The third kappa shape index (κ3) is 12.4. The summed E-state index contributed by atoms with van der Waals surface area (Å²) in [4.78, 5) is 50.9. The van der Waals surface area contributed by atoms with Crippen molar-refractivity contribution in [3.8, 4) is 0 Å². The Morgan fingerprint density at radius 3 is 1.62 bits per heavy atom. The summed E-state index contributed by atoms with van der Waals surface area (Å²) in [6.45, 7) is 13.5. The molecule has 50 heavy (non-hydrogen) atoms. The number of aromatic nitrogens is 4. The Kier molecular flexibility index (Phi) is 14.0. The van der Waals surface area contributed by atoms with Crippen LogP contribution in [0.5, 0.6) is 0 Å². The molecule has 0 bridgehead atoms. The first-order valence-corrected chi connectivity index (χ1v) is 17.6. The van der Waals surface area contributed by atoms with Crippen LogP contribution in [-0.2, 0) is 35.4 Å². The summed E-state index contributed by atoms with van der Waals surface area (Å²) in [5, 5.41) is 22.7. The average Bonchev–Trinajstić information content (AvgIpc) is 3.93. The number of H-pyrrole nitrogens is 2. The van der Waals surface area contributed by atoms with Gasteiger partial charge in [0.1, 0.15) is 16.9 Å². The van der Waals surface area contributed by atoms with Crippen LogP contribution in [0.25, 0.3) is 0 Å². The van der Waals surface area contributed by atoms with E-state index in [0.717, 1.165) is 48.2 Å². The normalized spacial score (nSPS) is 16.7. The zero-order valence-electron chi connectivity index (χ0n) is 30.0. The fraction of sp³-hybridized carbons (Fsp3) is 0.722. The number of fused-ring (bicyclic) bond motifs is 2. The van der Waals surface area contributed by atoms with Crippen LogP contribution in [-0.4, -0.2) is 90.1 Å². The molecule has 2 saturated carbocycles. The van der Waals surface area contributed by atoms with Crippen molar-refractivity contribution in [2.75, 3.05) is 19.6 Å². The molecule has 4 aliphatic rings. The van der Waals surface area contributed by atoms with Gasteiger partial charge < -0.3 is 30.1 Å². The van der Waals surface area contributed by atoms with Crippen molar-refractivity contribution in [2.45, 2.75) is 137 Å². The molecular formula is C36H59N7O7. The monoisotopic (exact) mass is 701 g/mol. The highest BCUT2D eigenvalue weighted by Gasteiger charge is 2.32. The lowest BCUT2D eigenvalue weighted by Gasteiger charge is -2.30. The number of carboxylic acid groups (broad SMARTS) is 1. The maximum absolute atomic E-state index is 12.5. The number of nitrogens with one attached hydrogen (secondary N) is 2. The third-order valence-electron chi connectivity index (χ3n) is 8.62. The maximum Gasteiger partial charge on any atom is 0.410 e. The number of nitrogens with two attached hydrogens (primary N) is 1. The first-order valence-electron chi connectivity index (χ1n) is 17.6. The number of hydrogen-bond donors (Lipinski definition) is 4. The van der Waals surface area contributed by atoms with Gasteiger partial charge >= 0.3 is 18.2 Å². The molecule has 0 spiro atoms. The first-order chi connectivity index (χ1) is 23.0. The molecule has 14 nitrogen and oxygen atoms in total. The molecule has 4 heterocycles. The molecule has 5 N–H and O–H groups in total. The topological polar surface area (TPSA) is 197 Å². The Balaban J connectivity index is 0.000000232. The predicted molar refractivity (Wildman–Crippen MR) is 189 cm³/mol. The number of rotatable bonds is 8. The van der Waals surface area contributed by atoms with E-state index in [4.69, 9.17) is 20.3 Å². The van der Waals surface area contributed by atoms with E-state index in [1.54, 1.807) is 25.7 Å². The van der Waals surface area contributed by atoms with Gasteiger partial charge in [0.15, 0.2) is 11.5 Å². The number of aromatic carboxylic acids is 1. The zero-order chi connectivity index (χ0) is 35.9. The number of aromatic amines is 2. The molecule has 0 unspecified atom stereocenters. The van der Waals surface area contributed by atoms with Crippen LogP contribution in [0, 0.1) is 11.8 Å². The van der Waals surface area contributed by atoms with Crippen molar-refractivity contribution < 1.29 is 33.8 Å². The van der Waals surface area contributed by atoms with Crippen LogP contribution in [0.1, 0.15) is 144 Å². The Labute approximate surface area is 296 Å². The Morgan fingerprint density at radius 2 is 1.22 bits per heavy atom. The molecule has 0 radical (unpaired) electrons. The molecule has 2 aliphatic carbocycles. The van der Waals surface area contributed by atoms with Crippen LogP contribution in [0.3, 0.4) is 0 Å². The Hall–Kier alpha value is -3.94. The lowest BCUT2D eigenvalue weighted by molar-refractivity contribution is 0.0212. The van der Waals surface area contributed by atoms with Crippen LogP contribution >= 0.6 is 0 Å². The number of amides is 2. The van der Waals surface area contributed by atoms with E-state index in [1.165, 1.54) is 37.0 Å². The summed E-state index contributed by atoms with van der Waals surface area (Å²) in [5.41, 5.74) is 7.84. The van der Waals surface area contributed by atoms with Crippen LogP contribution < -0.4 is 5.73 Å². The lowest BCUT2D eigenvalue weighted by Crippen LogP contribution is -2.40. The lowest BCUT2D eigenvalue weighted by atomic mass is 10.0. The van der Waals surface area contributed by atoms with E-state index in [0.29, 0.717) is 50.2 Å². The minimum Gasteiger partial charge on any atom is -0.476 e. The fourth-order valence-corrected chi connectivity index (χ4v) is 5.68. The van der Waals surface area contributed by atoms with E-state index in [1.807, 2.05) is 20.8 Å². The molecule has 0 saturated heterocycles. The van der Waals surface area contributed by atoms with E-state index in [-0.39, 0.29) is 31.5 Å². The summed E-state index contributed by atoms with van der Waals surface area (Å²) >= 11 is 0. The highest BCUT2D eigenvalue weighted by Crippen LogP contribution is 2.34. The van der Waals surface area contributed by atoms with Gasteiger partial charge in [0.2, 0.25) is 0 Å². The van der Waals surface area contributed by atoms with Crippen molar-refractivity contribution in [3.63, 3.8) is 0 Å². The quantitative estimate of drug-likeness (QED) is 0.228. The molecule has 0 aromatic carbocycles. The summed E-state index contributed by atoms with van der Waals surface area (Å²) < 4.78 is 10.7. The minimum absolute atomic E-state index is 0. The van der Waals surface area contributed by atoms with Gasteiger partial charge in [-0.15, -0.1) is 0 Å². The number of carbonyl (C=O) groups excluding carboxylic acids is 3. The molecule has 14 heteroatoms. The van der Waals surface area contributed by atoms with Gasteiger partial charge in [-0.1, -0.05) is 39.5 Å². The second-order valence-electron chi connectivity index (χ2n) is 15.4. The molecule has 280 valence electrons. The Bertz CT molecular complexity index is 1460. The molecule has 2 aromatic heterocycles. The van der Waals surface area contributed by atoms with Crippen molar-refractivity contribution in [1.82, 2.24) is 30.2 Å². The highest BCUT2D eigenvalue weighted by molar-refractivity contribution is 5.96. The van der Waals surface area contributed by atoms with Crippen LogP contribution in [0.15, 0.2) is 0 Å². The standard InChI is InChI=1S/C18H27N3O3.C12H17N3O4.C5H11N.CH4/c1-18(2,3)24-17(23)21-10-9-14-13(11-21)16(20-19-14)15(22)6-4-5-12-7-8-12;1-12(2,3)19-11(18)15-5-4-8-7(6-15)9(10(16)17)14-13-8;6-4-3-5-1-2-5;/h12H,4-11H2,1-3H3,(H,19,20);4-6H2,1-3H3,(H,13,14)(H,16,17);5H,1-4,6H2;1H4. The van der Waals surface area contributed by atoms with Crippen molar-refractivity contribution in [1.29, 1.82) is 0 Å². The van der Waals surface area contributed by atoms with Crippen LogP contribution in [0.4, 0.5) is 9.59 Å². The number of ketones is 1. The van der Waals surface area contributed by atoms with Gasteiger partial charge in [-0.25, -0.2) is 14.4 Å². The van der Waals surface area contributed by atoms with E-state index < -0.39 is 23.3 Å². The maximum atomic E-state index is 12.5. The summed E-state index contributed by atoms with van der Waals surface area (Å²) in [7, 11) is 0. The van der Waals surface area contributed by atoms with Crippen molar-refractivity contribution in [2.24, 2.45) is 17.6 Å². The van der Waals surface area contributed by atoms with Gasteiger partial charge in [0.25, 0.3) is 0 Å². The van der Waals surface area contributed by atoms with Gasteiger partial charge in [-0.3, -0.25) is 15.0 Å². The molecule has 2 aliphatic heterocycles. The SMILES string of the molecule is C.CC(C)(C)OC(=O)N1CCc2[nH]nc(C(=O)CCCC3CC3)c2C1.CC(C)(C)OC(=O)N1CCc2[nH]nc(C(=O)O)c2C1.NCCC1CC1. The predicted octanol–water partition coefficient (Wildman–Crippen LogP) is 6.25. The van der Waals surface area contributed by atoms with Gasteiger partial charge in [-0.05, 0) is 72.8 Å².